The molecule has 178 valence electrons. The molecule has 0 saturated carbocycles. The maximum Gasteiger partial charge on any atom is 0.264 e. The second kappa shape index (κ2) is 10.1. The van der Waals surface area contributed by atoms with Crippen molar-refractivity contribution in [3.05, 3.63) is 139 Å². The number of hydrogen-bond acceptors (Lipinski definition) is 3. The van der Waals surface area contributed by atoms with Crippen molar-refractivity contribution in [3.8, 4) is 0 Å². The molecule has 0 unspecified atom stereocenters. The van der Waals surface area contributed by atoms with Gasteiger partial charge in [0.2, 0.25) is 0 Å². The molecule has 0 fully saturated rings. The first kappa shape index (κ1) is 23.3. The predicted molar refractivity (Wildman–Crippen MR) is 145 cm³/mol. The highest BCUT2D eigenvalue weighted by Gasteiger charge is 2.28. The summed E-state index contributed by atoms with van der Waals surface area (Å²) >= 11 is 0. The summed E-state index contributed by atoms with van der Waals surface area (Å²) in [5.74, 6) is -0.387. The van der Waals surface area contributed by atoms with Crippen LogP contribution in [0, 0.1) is 0 Å². The van der Waals surface area contributed by atoms with E-state index in [2.05, 4.69) is 5.32 Å². The van der Waals surface area contributed by atoms with Crippen LogP contribution < -0.4 is 9.62 Å². The van der Waals surface area contributed by atoms with E-state index < -0.39 is 10.0 Å². The molecule has 0 saturated heterocycles. The van der Waals surface area contributed by atoms with Crippen LogP contribution in [0.1, 0.15) is 15.9 Å². The van der Waals surface area contributed by atoms with Gasteiger partial charge in [-0.05, 0) is 52.7 Å². The van der Waals surface area contributed by atoms with E-state index in [0.29, 0.717) is 11.4 Å². The van der Waals surface area contributed by atoms with Crippen molar-refractivity contribution < 1.29 is 13.2 Å². The molecule has 0 aliphatic rings. The molecule has 0 spiro atoms. The number of rotatable bonds is 7. The highest BCUT2D eigenvalue weighted by molar-refractivity contribution is 7.92. The van der Waals surface area contributed by atoms with E-state index in [9.17, 15) is 13.2 Å². The SMILES string of the molecule is O=C(Nc1ccc2ccccc2c1)c1ccccc1N(Cc1ccccc1)S(=O)(=O)c1ccccc1. The number of anilines is 2. The molecular formula is C30H24N2O3S. The standard InChI is InChI=1S/C30H24N2O3S/c33-30(31-26-20-19-24-13-7-8-14-25(24)21-26)28-17-9-10-18-29(28)32(22-23-11-3-1-4-12-23)36(34,35)27-15-5-2-6-16-27/h1-21H,22H2,(H,31,33). The summed E-state index contributed by atoms with van der Waals surface area (Å²) in [6, 6.07) is 38.0. The van der Waals surface area contributed by atoms with Crippen LogP contribution in [0.2, 0.25) is 0 Å². The number of carbonyl (C=O) groups is 1. The lowest BCUT2D eigenvalue weighted by Gasteiger charge is -2.26. The van der Waals surface area contributed by atoms with E-state index in [4.69, 9.17) is 0 Å². The third-order valence-corrected chi connectivity index (χ3v) is 7.70. The lowest BCUT2D eigenvalue weighted by atomic mass is 10.1. The Labute approximate surface area is 210 Å². The molecule has 0 atom stereocenters. The van der Waals surface area contributed by atoms with Gasteiger partial charge in [0.1, 0.15) is 0 Å². The van der Waals surface area contributed by atoms with Gasteiger partial charge in [-0.15, -0.1) is 0 Å². The van der Waals surface area contributed by atoms with Crippen LogP contribution in [0.25, 0.3) is 10.8 Å². The summed E-state index contributed by atoms with van der Waals surface area (Å²) in [6.45, 7) is 0.0817. The molecular weight excluding hydrogens is 468 g/mol. The van der Waals surface area contributed by atoms with Crippen molar-refractivity contribution in [2.75, 3.05) is 9.62 Å². The molecule has 0 aromatic heterocycles. The Morgan fingerprint density at radius 1 is 0.667 bits per heavy atom. The first-order valence-corrected chi connectivity index (χ1v) is 13.0. The van der Waals surface area contributed by atoms with E-state index >= 15 is 0 Å². The minimum absolute atomic E-state index is 0.0817. The van der Waals surface area contributed by atoms with Crippen molar-refractivity contribution >= 4 is 38.1 Å². The third-order valence-electron chi connectivity index (χ3n) is 5.92. The number of nitrogens with one attached hydrogen (secondary N) is 1. The summed E-state index contributed by atoms with van der Waals surface area (Å²) in [5.41, 5.74) is 2.01. The second-order valence-corrected chi connectivity index (χ2v) is 10.2. The van der Waals surface area contributed by atoms with E-state index in [1.807, 2.05) is 72.8 Å². The number of nitrogens with zero attached hydrogens (tertiary/aromatic N) is 1. The zero-order valence-electron chi connectivity index (χ0n) is 19.4. The molecule has 5 aromatic carbocycles. The van der Waals surface area contributed by atoms with Gasteiger partial charge in [0.15, 0.2) is 0 Å². The molecule has 5 nitrogen and oxygen atoms in total. The smallest absolute Gasteiger partial charge is 0.264 e. The summed E-state index contributed by atoms with van der Waals surface area (Å²) in [4.78, 5) is 13.6. The maximum absolute atomic E-state index is 13.8. The summed E-state index contributed by atoms with van der Waals surface area (Å²) in [6.07, 6.45) is 0. The Kier molecular flexibility index (Phi) is 6.52. The fourth-order valence-corrected chi connectivity index (χ4v) is 5.61. The molecule has 1 amide bonds. The monoisotopic (exact) mass is 492 g/mol. The zero-order chi connectivity index (χ0) is 25.0. The van der Waals surface area contributed by atoms with E-state index in [1.54, 1.807) is 54.6 Å². The summed E-state index contributed by atoms with van der Waals surface area (Å²) in [5, 5.41) is 5.01. The van der Waals surface area contributed by atoms with Crippen molar-refractivity contribution in [2.45, 2.75) is 11.4 Å². The molecule has 5 aromatic rings. The van der Waals surface area contributed by atoms with Crippen LogP contribution in [0.5, 0.6) is 0 Å². The average molecular weight is 493 g/mol. The van der Waals surface area contributed by atoms with Crippen LogP contribution in [-0.4, -0.2) is 14.3 Å². The number of fused-ring (bicyclic) bond motifs is 1. The van der Waals surface area contributed by atoms with Gasteiger partial charge in [0.05, 0.1) is 22.7 Å². The Morgan fingerprint density at radius 3 is 2.03 bits per heavy atom. The average Bonchev–Trinajstić information content (AvgIpc) is 2.92. The lowest BCUT2D eigenvalue weighted by molar-refractivity contribution is 0.102. The van der Waals surface area contributed by atoms with Crippen LogP contribution in [0.15, 0.2) is 132 Å². The van der Waals surface area contributed by atoms with Crippen molar-refractivity contribution in [1.82, 2.24) is 0 Å². The molecule has 36 heavy (non-hydrogen) atoms. The maximum atomic E-state index is 13.8. The topological polar surface area (TPSA) is 66.5 Å². The van der Waals surface area contributed by atoms with Gasteiger partial charge >= 0.3 is 0 Å². The van der Waals surface area contributed by atoms with Gasteiger partial charge in [-0.2, -0.15) is 0 Å². The van der Waals surface area contributed by atoms with Gasteiger partial charge in [-0.25, -0.2) is 8.42 Å². The number of carbonyl (C=O) groups excluding carboxylic acids is 1. The Balaban J connectivity index is 1.55. The summed E-state index contributed by atoms with van der Waals surface area (Å²) in [7, 11) is -3.96. The van der Waals surface area contributed by atoms with E-state index in [1.165, 1.54) is 4.31 Å². The third kappa shape index (κ3) is 4.85. The number of benzene rings is 5. The molecule has 0 aliphatic carbocycles. The van der Waals surface area contributed by atoms with Crippen LogP contribution >= 0.6 is 0 Å². The second-order valence-electron chi connectivity index (χ2n) is 8.34. The molecule has 1 N–H and O–H groups in total. The molecule has 0 heterocycles. The van der Waals surface area contributed by atoms with Gasteiger partial charge in [0, 0.05) is 5.69 Å². The minimum Gasteiger partial charge on any atom is -0.322 e. The quantitative estimate of drug-likeness (QED) is 0.282. The molecule has 0 bridgehead atoms. The normalized spacial score (nSPS) is 11.2. The van der Waals surface area contributed by atoms with Gasteiger partial charge < -0.3 is 5.32 Å². The van der Waals surface area contributed by atoms with E-state index in [0.717, 1.165) is 16.3 Å². The number of amides is 1. The van der Waals surface area contributed by atoms with Crippen molar-refractivity contribution in [3.63, 3.8) is 0 Å². The Bertz CT molecular complexity index is 1620. The van der Waals surface area contributed by atoms with Crippen LogP contribution in [-0.2, 0) is 16.6 Å². The largest absolute Gasteiger partial charge is 0.322 e. The lowest BCUT2D eigenvalue weighted by Crippen LogP contribution is -2.32. The van der Waals surface area contributed by atoms with Crippen molar-refractivity contribution in [1.29, 1.82) is 0 Å². The van der Waals surface area contributed by atoms with Gasteiger partial charge in [0.25, 0.3) is 15.9 Å². The first-order chi connectivity index (χ1) is 17.5. The van der Waals surface area contributed by atoms with Gasteiger partial charge in [-0.1, -0.05) is 91.0 Å². The highest BCUT2D eigenvalue weighted by atomic mass is 32.2. The van der Waals surface area contributed by atoms with E-state index in [-0.39, 0.29) is 22.9 Å². The molecule has 0 radical (unpaired) electrons. The predicted octanol–water partition coefficient (Wildman–Crippen LogP) is 6.49. The Morgan fingerprint density at radius 2 is 1.28 bits per heavy atom. The number of para-hydroxylation sites is 1. The van der Waals surface area contributed by atoms with Crippen molar-refractivity contribution in [2.24, 2.45) is 0 Å². The number of sulfonamides is 1. The molecule has 5 rings (SSSR count). The highest BCUT2D eigenvalue weighted by Crippen LogP contribution is 2.30. The molecule has 6 heteroatoms. The zero-order valence-corrected chi connectivity index (χ0v) is 20.2. The fourth-order valence-electron chi connectivity index (χ4n) is 4.12. The first-order valence-electron chi connectivity index (χ1n) is 11.5. The van der Waals surface area contributed by atoms with Crippen LogP contribution in [0.3, 0.4) is 0 Å². The van der Waals surface area contributed by atoms with Gasteiger partial charge in [-0.3, -0.25) is 9.10 Å². The Hall–Kier alpha value is -4.42. The molecule has 0 aliphatic heterocycles. The van der Waals surface area contributed by atoms with Crippen LogP contribution in [0.4, 0.5) is 11.4 Å². The number of hydrogen-bond donors (Lipinski definition) is 1. The summed E-state index contributed by atoms with van der Waals surface area (Å²) < 4.78 is 28.9. The fraction of sp³-hybridized carbons (Fsp3) is 0.0333. The minimum atomic E-state index is -3.96.